The average Bonchev–Trinajstić information content (AvgIpc) is 2.87. The third kappa shape index (κ3) is 1.80. The summed E-state index contributed by atoms with van der Waals surface area (Å²) in [7, 11) is 0. The molecule has 0 atom stereocenters. The molecule has 18 heavy (non-hydrogen) atoms. The molecule has 0 aliphatic carbocycles. The number of nitrogens with zero attached hydrogens (tertiary/aromatic N) is 4. The number of hydrogen-bond acceptors (Lipinski definition) is 4. The first-order valence-corrected chi connectivity index (χ1v) is 6.76. The van der Waals surface area contributed by atoms with Gasteiger partial charge < -0.3 is 0 Å². The normalized spacial score (nSPS) is 11.6. The zero-order chi connectivity index (χ0) is 12.7. The minimum absolute atomic E-state index is 0.419. The van der Waals surface area contributed by atoms with Crippen LogP contribution in [0.2, 0.25) is 0 Å². The maximum atomic E-state index is 4.59. The van der Waals surface area contributed by atoms with E-state index in [0.717, 1.165) is 21.4 Å². The Hall–Kier alpha value is -1.75. The Balaban J connectivity index is 2.17. The number of aromatic nitrogens is 4. The fraction of sp³-hybridized carbons (Fsp3) is 0.308. The van der Waals surface area contributed by atoms with E-state index < -0.39 is 0 Å². The molecule has 0 amide bonds. The molecule has 0 bridgehead atoms. The predicted octanol–water partition coefficient (Wildman–Crippen LogP) is 3.28. The zero-order valence-electron chi connectivity index (χ0n) is 10.6. The lowest BCUT2D eigenvalue weighted by Crippen LogP contribution is -1.93. The van der Waals surface area contributed by atoms with E-state index in [0.29, 0.717) is 5.92 Å². The highest BCUT2D eigenvalue weighted by atomic mass is 32.1. The average molecular weight is 258 g/mol. The topological polar surface area (TPSA) is 43.1 Å². The molecule has 2 aromatic heterocycles. The van der Waals surface area contributed by atoms with Crippen molar-refractivity contribution >= 4 is 16.3 Å². The molecule has 0 spiro atoms. The Labute approximate surface area is 109 Å². The highest BCUT2D eigenvalue weighted by Gasteiger charge is 2.14. The molecule has 4 nitrogen and oxygen atoms in total. The van der Waals surface area contributed by atoms with Crippen LogP contribution in [0.15, 0.2) is 24.3 Å². The van der Waals surface area contributed by atoms with Crippen LogP contribution in [0.25, 0.3) is 16.3 Å². The van der Waals surface area contributed by atoms with Gasteiger partial charge in [0.25, 0.3) is 0 Å². The molecule has 1 aromatic carbocycles. The van der Waals surface area contributed by atoms with Crippen LogP contribution in [-0.2, 0) is 0 Å². The number of benzene rings is 1. The van der Waals surface area contributed by atoms with Gasteiger partial charge in [0.2, 0.25) is 4.96 Å². The van der Waals surface area contributed by atoms with Gasteiger partial charge >= 0.3 is 0 Å². The van der Waals surface area contributed by atoms with Gasteiger partial charge in [-0.3, -0.25) is 0 Å². The standard InChI is InChI=1S/C13H14N4S/c1-8(2)12-16-17-11(14-15-13(17)18-12)10-6-4-5-9(3)7-10/h4-8H,1-3H3. The van der Waals surface area contributed by atoms with Gasteiger partial charge in [0, 0.05) is 11.5 Å². The van der Waals surface area contributed by atoms with Crippen molar-refractivity contribution in [3.8, 4) is 11.4 Å². The molecular weight excluding hydrogens is 244 g/mol. The minimum Gasteiger partial charge on any atom is -0.183 e. The van der Waals surface area contributed by atoms with Crippen LogP contribution in [0.1, 0.15) is 30.3 Å². The van der Waals surface area contributed by atoms with Gasteiger partial charge in [-0.1, -0.05) is 48.9 Å². The van der Waals surface area contributed by atoms with Gasteiger partial charge in [0.1, 0.15) is 5.01 Å². The first kappa shape index (κ1) is 11.3. The van der Waals surface area contributed by atoms with Crippen molar-refractivity contribution in [3.63, 3.8) is 0 Å². The lowest BCUT2D eigenvalue weighted by Gasteiger charge is -1.99. The van der Waals surface area contributed by atoms with Crippen LogP contribution in [0.4, 0.5) is 0 Å². The van der Waals surface area contributed by atoms with Crippen molar-refractivity contribution < 1.29 is 0 Å². The van der Waals surface area contributed by atoms with Crippen LogP contribution in [0.3, 0.4) is 0 Å². The van der Waals surface area contributed by atoms with Crippen molar-refractivity contribution in [1.29, 1.82) is 0 Å². The molecule has 0 saturated carbocycles. The summed E-state index contributed by atoms with van der Waals surface area (Å²) in [5, 5.41) is 14.1. The van der Waals surface area contributed by atoms with E-state index in [9.17, 15) is 0 Å². The Morgan fingerprint density at radius 1 is 1.22 bits per heavy atom. The molecule has 0 aliphatic heterocycles. The van der Waals surface area contributed by atoms with Crippen molar-refractivity contribution in [2.75, 3.05) is 0 Å². The van der Waals surface area contributed by atoms with Crippen LogP contribution >= 0.6 is 11.3 Å². The van der Waals surface area contributed by atoms with Gasteiger partial charge in [-0.15, -0.1) is 10.2 Å². The second kappa shape index (κ2) is 4.17. The van der Waals surface area contributed by atoms with E-state index in [1.165, 1.54) is 5.56 Å². The molecule has 5 heteroatoms. The van der Waals surface area contributed by atoms with Crippen LogP contribution in [0, 0.1) is 6.92 Å². The summed E-state index contributed by atoms with van der Waals surface area (Å²) in [5.74, 6) is 1.24. The van der Waals surface area contributed by atoms with Crippen LogP contribution < -0.4 is 0 Å². The Kier molecular flexibility index (Phi) is 2.63. The summed E-state index contributed by atoms with van der Waals surface area (Å²) < 4.78 is 1.84. The monoisotopic (exact) mass is 258 g/mol. The van der Waals surface area contributed by atoms with Gasteiger partial charge in [-0.2, -0.15) is 9.61 Å². The minimum atomic E-state index is 0.419. The van der Waals surface area contributed by atoms with Crippen molar-refractivity contribution in [2.24, 2.45) is 0 Å². The Morgan fingerprint density at radius 3 is 2.78 bits per heavy atom. The largest absolute Gasteiger partial charge is 0.234 e. The first-order valence-electron chi connectivity index (χ1n) is 5.94. The number of aryl methyl sites for hydroxylation is 1. The molecule has 0 fully saturated rings. The molecule has 0 N–H and O–H groups in total. The van der Waals surface area contributed by atoms with Gasteiger partial charge in [0.15, 0.2) is 5.82 Å². The van der Waals surface area contributed by atoms with E-state index in [1.54, 1.807) is 11.3 Å². The lowest BCUT2D eigenvalue weighted by atomic mass is 10.1. The second-order valence-corrected chi connectivity index (χ2v) is 5.67. The summed E-state index contributed by atoms with van der Waals surface area (Å²) in [5.41, 5.74) is 2.27. The number of rotatable bonds is 2. The van der Waals surface area contributed by atoms with E-state index in [2.05, 4.69) is 48.2 Å². The van der Waals surface area contributed by atoms with Gasteiger partial charge in [-0.05, 0) is 13.0 Å². The maximum absolute atomic E-state index is 4.59. The SMILES string of the molecule is Cc1cccc(-c2nnc3sc(C(C)C)nn23)c1. The third-order valence-corrected chi connectivity index (χ3v) is 3.98. The van der Waals surface area contributed by atoms with Gasteiger partial charge in [-0.25, -0.2) is 0 Å². The quantitative estimate of drug-likeness (QED) is 0.708. The van der Waals surface area contributed by atoms with Gasteiger partial charge in [0.05, 0.1) is 0 Å². The summed E-state index contributed by atoms with van der Waals surface area (Å²) in [4.78, 5) is 0.857. The molecule has 0 saturated heterocycles. The summed E-state index contributed by atoms with van der Waals surface area (Å²) in [6.07, 6.45) is 0. The number of fused-ring (bicyclic) bond motifs is 1. The molecular formula is C13H14N4S. The summed E-state index contributed by atoms with van der Waals surface area (Å²) in [6.45, 7) is 6.35. The highest BCUT2D eigenvalue weighted by molar-refractivity contribution is 7.16. The first-order chi connectivity index (χ1) is 8.65. The van der Waals surface area contributed by atoms with Crippen LogP contribution in [0.5, 0.6) is 0 Å². The zero-order valence-corrected chi connectivity index (χ0v) is 11.4. The fourth-order valence-corrected chi connectivity index (χ4v) is 2.67. The van der Waals surface area contributed by atoms with E-state index >= 15 is 0 Å². The lowest BCUT2D eigenvalue weighted by molar-refractivity contribution is 0.802. The molecule has 92 valence electrons. The van der Waals surface area contributed by atoms with E-state index in [4.69, 9.17) is 0 Å². The Morgan fingerprint density at radius 2 is 2.06 bits per heavy atom. The number of hydrogen-bond donors (Lipinski definition) is 0. The molecule has 3 rings (SSSR count). The third-order valence-electron chi connectivity index (χ3n) is 2.78. The molecule has 3 aromatic rings. The maximum Gasteiger partial charge on any atom is 0.234 e. The second-order valence-electron chi connectivity index (χ2n) is 4.68. The van der Waals surface area contributed by atoms with Crippen molar-refractivity contribution in [1.82, 2.24) is 19.8 Å². The predicted molar refractivity (Wildman–Crippen MR) is 72.9 cm³/mol. The molecule has 0 aliphatic rings. The summed E-state index contributed by atoms with van der Waals surface area (Å²) in [6, 6.07) is 8.24. The fourth-order valence-electron chi connectivity index (χ4n) is 1.83. The molecule has 2 heterocycles. The smallest absolute Gasteiger partial charge is 0.183 e. The molecule has 0 unspecified atom stereocenters. The molecule has 0 radical (unpaired) electrons. The highest BCUT2D eigenvalue weighted by Crippen LogP contribution is 2.25. The van der Waals surface area contributed by atoms with E-state index in [-0.39, 0.29) is 0 Å². The summed E-state index contributed by atoms with van der Waals surface area (Å²) >= 11 is 1.60. The Bertz CT molecular complexity index is 696. The van der Waals surface area contributed by atoms with Crippen LogP contribution in [-0.4, -0.2) is 19.8 Å². The van der Waals surface area contributed by atoms with E-state index in [1.807, 2.05) is 16.6 Å². The van der Waals surface area contributed by atoms with Crippen molar-refractivity contribution in [2.45, 2.75) is 26.7 Å². The van der Waals surface area contributed by atoms with Crippen molar-refractivity contribution in [3.05, 3.63) is 34.8 Å².